The van der Waals surface area contributed by atoms with Gasteiger partial charge in [0.25, 0.3) is 0 Å². The van der Waals surface area contributed by atoms with E-state index in [4.69, 9.17) is 0 Å². The molecule has 1 aromatic rings. The molecule has 25 heavy (non-hydrogen) atoms. The lowest BCUT2D eigenvalue weighted by Crippen LogP contribution is -2.53. The fourth-order valence-corrected chi connectivity index (χ4v) is 3.12. The SMILES string of the molecule is Cc1c(CS(C)(=O)=O)cccc1NC(C)C(=O)NC(C)(C#N)C(C)C. The van der Waals surface area contributed by atoms with E-state index < -0.39 is 21.4 Å². The van der Waals surface area contributed by atoms with Crippen LogP contribution < -0.4 is 10.6 Å². The number of hydrogen-bond donors (Lipinski definition) is 2. The number of carbonyl (C=O) groups is 1. The van der Waals surface area contributed by atoms with E-state index in [0.717, 1.165) is 5.56 Å². The van der Waals surface area contributed by atoms with Crippen molar-refractivity contribution < 1.29 is 13.2 Å². The maximum absolute atomic E-state index is 12.4. The lowest BCUT2D eigenvalue weighted by molar-refractivity contribution is -0.123. The fourth-order valence-electron chi connectivity index (χ4n) is 2.24. The standard InChI is InChI=1S/C18H27N3O3S/c1-12(2)18(5,11-19)21-17(22)14(4)20-16-9-7-8-15(13(16)3)10-25(6,23)24/h7-9,12,14,20H,10H2,1-6H3,(H,21,22). The molecular weight excluding hydrogens is 338 g/mol. The van der Waals surface area contributed by atoms with Gasteiger partial charge >= 0.3 is 0 Å². The number of nitriles is 1. The first-order valence-corrected chi connectivity index (χ1v) is 10.2. The van der Waals surface area contributed by atoms with Crippen LogP contribution in [0.25, 0.3) is 0 Å². The van der Waals surface area contributed by atoms with Gasteiger partial charge in [-0.3, -0.25) is 4.79 Å². The molecule has 0 aliphatic heterocycles. The van der Waals surface area contributed by atoms with Gasteiger partial charge in [0.05, 0.1) is 11.8 Å². The van der Waals surface area contributed by atoms with E-state index in [1.54, 1.807) is 32.0 Å². The van der Waals surface area contributed by atoms with Crippen molar-refractivity contribution in [3.8, 4) is 6.07 Å². The van der Waals surface area contributed by atoms with Crippen molar-refractivity contribution in [1.29, 1.82) is 5.26 Å². The molecule has 1 amide bonds. The van der Waals surface area contributed by atoms with Crippen LogP contribution in [0.1, 0.15) is 38.8 Å². The molecule has 0 saturated heterocycles. The van der Waals surface area contributed by atoms with E-state index in [0.29, 0.717) is 11.3 Å². The number of benzene rings is 1. The van der Waals surface area contributed by atoms with Gasteiger partial charge in [-0.1, -0.05) is 26.0 Å². The van der Waals surface area contributed by atoms with E-state index in [9.17, 15) is 18.5 Å². The zero-order chi connectivity index (χ0) is 19.4. The maximum Gasteiger partial charge on any atom is 0.243 e. The Morgan fingerprint density at radius 3 is 2.40 bits per heavy atom. The van der Waals surface area contributed by atoms with Crippen LogP contribution in [0.15, 0.2) is 18.2 Å². The summed E-state index contributed by atoms with van der Waals surface area (Å²) >= 11 is 0. The lowest BCUT2D eigenvalue weighted by atomic mass is 9.90. The minimum Gasteiger partial charge on any atom is -0.374 e. The lowest BCUT2D eigenvalue weighted by Gasteiger charge is -2.29. The summed E-state index contributed by atoms with van der Waals surface area (Å²) in [6, 6.07) is 6.90. The Bertz CT molecular complexity index is 781. The zero-order valence-corrected chi connectivity index (χ0v) is 16.5. The van der Waals surface area contributed by atoms with Crippen LogP contribution >= 0.6 is 0 Å². The molecule has 0 spiro atoms. The van der Waals surface area contributed by atoms with Gasteiger partial charge in [-0.25, -0.2) is 8.42 Å². The summed E-state index contributed by atoms with van der Waals surface area (Å²) in [7, 11) is -3.14. The molecule has 0 fully saturated rings. The van der Waals surface area contributed by atoms with Crippen molar-refractivity contribution >= 4 is 21.4 Å². The molecule has 1 aromatic carbocycles. The number of sulfone groups is 1. The first kappa shape index (κ1) is 21.0. The molecule has 6 nitrogen and oxygen atoms in total. The van der Waals surface area contributed by atoms with Crippen LogP contribution in [-0.4, -0.2) is 32.2 Å². The Kier molecular flexibility index (Phi) is 6.61. The predicted molar refractivity (Wildman–Crippen MR) is 99.8 cm³/mol. The van der Waals surface area contributed by atoms with Gasteiger partial charge in [0.15, 0.2) is 9.84 Å². The molecule has 0 bridgehead atoms. The zero-order valence-electron chi connectivity index (χ0n) is 15.7. The number of hydrogen-bond acceptors (Lipinski definition) is 5. The number of amides is 1. The van der Waals surface area contributed by atoms with Crippen molar-refractivity contribution in [1.82, 2.24) is 5.32 Å². The highest BCUT2D eigenvalue weighted by molar-refractivity contribution is 7.89. The topological polar surface area (TPSA) is 99.1 Å². The Balaban J connectivity index is 2.94. The van der Waals surface area contributed by atoms with Crippen molar-refractivity contribution in [2.24, 2.45) is 5.92 Å². The summed E-state index contributed by atoms with van der Waals surface area (Å²) < 4.78 is 23.1. The third-order valence-corrected chi connectivity index (χ3v) is 5.23. The molecule has 0 aliphatic rings. The highest BCUT2D eigenvalue weighted by Crippen LogP contribution is 2.22. The molecule has 0 radical (unpaired) electrons. The summed E-state index contributed by atoms with van der Waals surface area (Å²) in [5, 5.41) is 15.2. The first-order valence-electron chi connectivity index (χ1n) is 8.15. The third kappa shape index (κ3) is 5.75. The van der Waals surface area contributed by atoms with Crippen molar-refractivity contribution in [3.05, 3.63) is 29.3 Å². The van der Waals surface area contributed by atoms with Gasteiger partial charge in [-0.15, -0.1) is 0 Å². The second-order valence-corrected chi connectivity index (χ2v) is 9.12. The van der Waals surface area contributed by atoms with E-state index in [2.05, 4.69) is 16.7 Å². The second-order valence-electron chi connectivity index (χ2n) is 6.98. The largest absolute Gasteiger partial charge is 0.374 e. The minimum absolute atomic E-state index is 0.0338. The maximum atomic E-state index is 12.4. The highest BCUT2D eigenvalue weighted by atomic mass is 32.2. The normalized spacial score (nSPS) is 15.1. The monoisotopic (exact) mass is 365 g/mol. The smallest absolute Gasteiger partial charge is 0.243 e. The number of carbonyl (C=O) groups excluding carboxylic acids is 1. The van der Waals surface area contributed by atoms with E-state index in [-0.39, 0.29) is 17.6 Å². The van der Waals surface area contributed by atoms with E-state index >= 15 is 0 Å². The summed E-state index contributed by atoms with van der Waals surface area (Å²) in [5.74, 6) is -0.367. The van der Waals surface area contributed by atoms with E-state index in [1.165, 1.54) is 6.26 Å². The van der Waals surface area contributed by atoms with Gasteiger partial charge in [-0.2, -0.15) is 5.26 Å². The number of anilines is 1. The summed E-state index contributed by atoms with van der Waals surface area (Å²) in [6.07, 6.45) is 1.19. The van der Waals surface area contributed by atoms with E-state index in [1.807, 2.05) is 20.8 Å². The van der Waals surface area contributed by atoms with Crippen LogP contribution in [0.3, 0.4) is 0 Å². The third-order valence-electron chi connectivity index (χ3n) is 4.40. The molecular formula is C18H27N3O3S. The average molecular weight is 365 g/mol. The van der Waals surface area contributed by atoms with Crippen molar-refractivity contribution in [3.63, 3.8) is 0 Å². The summed E-state index contributed by atoms with van der Waals surface area (Å²) in [4.78, 5) is 12.4. The molecule has 0 saturated carbocycles. The average Bonchev–Trinajstić information content (AvgIpc) is 2.49. The number of nitrogens with one attached hydrogen (secondary N) is 2. The minimum atomic E-state index is -3.14. The Labute approximate surface area is 150 Å². The summed E-state index contributed by atoms with van der Waals surface area (Å²) in [6.45, 7) is 8.97. The van der Waals surface area contributed by atoms with Gasteiger partial charge in [0.2, 0.25) is 5.91 Å². The Morgan fingerprint density at radius 1 is 1.32 bits per heavy atom. The van der Waals surface area contributed by atoms with Crippen LogP contribution in [-0.2, 0) is 20.4 Å². The fraction of sp³-hybridized carbons (Fsp3) is 0.556. The quantitative estimate of drug-likeness (QED) is 0.773. The van der Waals surface area contributed by atoms with Crippen molar-refractivity contribution in [2.45, 2.75) is 52.0 Å². The molecule has 0 aromatic heterocycles. The molecule has 2 unspecified atom stereocenters. The van der Waals surface area contributed by atoms with Crippen LogP contribution in [0.2, 0.25) is 0 Å². The molecule has 0 aliphatic carbocycles. The molecule has 7 heteroatoms. The van der Waals surface area contributed by atoms with Crippen molar-refractivity contribution in [2.75, 3.05) is 11.6 Å². The molecule has 2 N–H and O–H groups in total. The second kappa shape index (κ2) is 7.87. The number of rotatable bonds is 7. The Hall–Kier alpha value is -2.07. The number of nitrogens with zero attached hydrogens (tertiary/aromatic N) is 1. The van der Waals surface area contributed by atoms with Gasteiger partial charge in [0, 0.05) is 11.9 Å². The van der Waals surface area contributed by atoms with Gasteiger partial charge < -0.3 is 10.6 Å². The molecule has 0 heterocycles. The van der Waals surface area contributed by atoms with Crippen LogP contribution in [0, 0.1) is 24.2 Å². The predicted octanol–water partition coefficient (Wildman–Crippen LogP) is 2.39. The molecule has 138 valence electrons. The first-order chi connectivity index (χ1) is 11.4. The highest BCUT2D eigenvalue weighted by Gasteiger charge is 2.31. The van der Waals surface area contributed by atoms with Crippen LogP contribution in [0.4, 0.5) is 5.69 Å². The van der Waals surface area contributed by atoms with Crippen LogP contribution in [0.5, 0.6) is 0 Å². The van der Waals surface area contributed by atoms with Gasteiger partial charge in [-0.05, 0) is 43.9 Å². The molecule has 1 rings (SSSR count). The Morgan fingerprint density at radius 2 is 1.92 bits per heavy atom. The summed E-state index contributed by atoms with van der Waals surface area (Å²) in [5.41, 5.74) is 1.25. The molecule has 2 atom stereocenters. The van der Waals surface area contributed by atoms with Gasteiger partial charge in [0.1, 0.15) is 11.6 Å².